The Morgan fingerprint density at radius 2 is 2.00 bits per heavy atom. The van der Waals surface area contributed by atoms with Crippen LogP contribution < -0.4 is 5.32 Å². The van der Waals surface area contributed by atoms with E-state index >= 15 is 0 Å². The van der Waals surface area contributed by atoms with Gasteiger partial charge in [0, 0.05) is 22.1 Å². The van der Waals surface area contributed by atoms with Crippen LogP contribution >= 0.6 is 23.2 Å². The lowest BCUT2D eigenvalue weighted by molar-refractivity contribution is 0.396. The van der Waals surface area contributed by atoms with Gasteiger partial charge in [-0.05, 0) is 55.9 Å². The van der Waals surface area contributed by atoms with Crippen molar-refractivity contribution < 1.29 is 0 Å². The van der Waals surface area contributed by atoms with E-state index in [9.17, 15) is 0 Å². The van der Waals surface area contributed by atoms with Gasteiger partial charge in [0.2, 0.25) is 0 Å². The Labute approximate surface area is 114 Å². The minimum absolute atomic E-state index is 0.526. The fourth-order valence-electron chi connectivity index (χ4n) is 2.01. The summed E-state index contributed by atoms with van der Waals surface area (Å²) in [5.74, 6) is 0.562. The highest BCUT2D eigenvalue weighted by atomic mass is 35.5. The number of halogens is 2. The highest BCUT2D eigenvalue weighted by Gasteiger charge is 2.25. The predicted molar refractivity (Wildman–Crippen MR) is 74.9 cm³/mol. The summed E-state index contributed by atoms with van der Waals surface area (Å²) in [6.07, 6.45) is 3.63. The van der Waals surface area contributed by atoms with E-state index in [0.29, 0.717) is 12.0 Å². The summed E-state index contributed by atoms with van der Waals surface area (Å²) in [6, 6.07) is 6.97. The van der Waals surface area contributed by atoms with Crippen LogP contribution in [0.3, 0.4) is 0 Å². The first kappa shape index (κ1) is 13.2. The van der Waals surface area contributed by atoms with Crippen molar-refractivity contribution in [3.8, 4) is 0 Å². The van der Waals surface area contributed by atoms with Gasteiger partial charge in [-0.1, -0.05) is 30.1 Å². The van der Waals surface area contributed by atoms with Crippen molar-refractivity contribution in [2.45, 2.75) is 45.2 Å². The van der Waals surface area contributed by atoms with Crippen LogP contribution in [-0.4, -0.2) is 12.1 Å². The molecule has 0 aromatic heterocycles. The van der Waals surface area contributed by atoms with Crippen molar-refractivity contribution in [3.05, 3.63) is 33.8 Å². The van der Waals surface area contributed by atoms with Gasteiger partial charge >= 0.3 is 0 Å². The smallest absolute Gasteiger partial charge is 0.0439 e. The zero-order valence-electron chi connectivity index (χ0n) is 10.3. The lowest BCUT2D eigenvalue weighted by Crippen LogP contribution is -2.34. The lowest BCUT2D eigenvalue weighted by atomic mass is 9.95. The van der Waals surface area contributed by atoms with Crippen molar-refractivity contribution in [2.75, 3.05) is 0 Å². The molecular formula is C14H19Cl2N. The molecule has 1 aliphatic carbocycles. The van der Waals surface area contributed by atoms with Crippen LogP contribution in [-0.2, 0) is 6.42 Å². The van der Waals surface area contributed by atoms with Crippen LogP contribution in [0.1, 0.15) is 32.3 Å². The van der Waals surface area contributed by atoms with Crippen molar-refractivity contribution in [1.82, 2.24) is 5.32 Å². The normalized spacial score (nSPS) is 19.1. The molecule has 2 rings (SSSR count). The van der Waals surface area contributed by atoms with Crippen molar-refractivity contribution in [1.29, 1.82) is 0 Å². The van der Waals surface area contributed by atoms with Gasteiger partial charge in [-0.25, -0.2) is 0 Å². The summed E-state index contributed by atoms with van der Waals surface area (Å²) in [4.78, 5) is 0. The Balaban J connectivity index is 1.95. The summed E-state index contributed by atoms with van der Waals surface area (Å²) in [6.45, 7) is 4.51. The molecule has 1 aliphatic rings. The minimum atomic E-state index is 0.526. The molecule has 1 saturated carbocycles. The van der Waals surface area contributed by atoms with Crippen LogP contribution in [0.4, 0.5) is 0 Å². The third-order valence-corrected chi connectivity index (χ3v) is 4.08. The van der Waals surface area contributed by atoms with E-state index in [4.69, 9.17) is 23.2 Å². The maximum Gasteiger partial charge on any atom is 0.0439 e. The van der Waals surface area contributed by atoms with Gasteiger partial charge in [-0.3, -0.25) is 0 Å². The molecule has 0 amide bonds. The van der Waals surface area contributed by atoms with Crippen LogP contribution in [0.15, 0.2) is 18.2 Å². The monoisotopic (exact) mass is 271 g/mol. The summed E-state index contributed by atoms with van der Waals surface area (Å²) >= 11 is 12.2. The van der Waals surface area contributed by atoms with Gasteiger partial charge in [0.05, 0.1) is 0 Å². The molecule has 0 heterocycles. The molecule has 0 radical (unpaired) electrons. The standard InChI is InChI=1S/C14H19Cl2N/c1-9(10(2)17-13-4-5-13)7-11-8-12(15)3-6-14(11)16/h3,6,8-10,13,17H,4-5,7H2,1-2H3. The fourth-order valence-corrected chi connectivity index (χ4v) is 2.40. The summed E-state index contributed by atoms with van der Waals surface area (Å²) < 4.78 is 0. The molecule has 0 bridgehead atoms. The maximum absolute atomic E-state index is 6.18. The van der Waals surface area contributed by atoms with Crippen LogP contribution in [0.2, 0.25) is 10.0 Å². The zero-order chi connectivity index (χ0) is 12.4. The van der Waals surface area contributed by atoms with Gasteiger partial charge in [0.1, 0.15) is 0 Å². The molecule has 1 N–H and O–H groups in total. The summed E-state index contributed by atoms with van der Waals surface area (Å²) in [7, 11) is 0. The van der Waals surface area contributed by atoms with E-state index in [1.165, 1.54) is 12.8 Å². The number of hydrogen-bond donors (Lipinski definition) is 1. The van der Waals surface area contributed by atoms with Gasteiger partial charge in [-0.2, -0.15) is 0 Å². The fraction of sp³-hybridized carbons (Fsp3) is 0.571. The van der Waals surface area contributed by atoms with Gasteiger partial charge < -0.3 is 5.32 Å². The first-order valence-corrected chi connectivity index (χ1v) is 7.02. The molecule has 0 aliphatic heterocycles. The van der Waals surface area contributed by atoms with Gasteiger partial charge in [-0.15, -0.1) is 0 Å². The Hall–Kier alpha value is -0.240. The van der Waals surface area contributed by atoms with E-state index < -0.39 is 0 Å². The number of benzene rings is 1. The Morgan fingerprint density at radius 1 is 1.29 bits per heavy atom. The zero-order valence-corrected chi connectivity index (χ0v) is 11.9. The Morgan fingerprint density at radius 3 is 2.65 bits per heavy atom. The molecule has 2 unspecified atom stereocenters. The maximum atomic E-state index is 6.18. The summed E-state index contributed by atoms with van der Waals surface area (Å²) in [5, 5.41) is 5.21. The van der Waals surface area contributed by atoms with Crippen molar-refractivity contribution in [3.63, 3.8) is 0 Å². The molecule has 3 heteroatoms. The van der Waals surface area contributed by atoms with Crippen LogP contribution in [0, 0.1) is 5.92 Å². The van der Waals surface area contributed by atoms with Gasteiger partial charge in [0.25, 0.3) is 0 Å². The first-order chi connectivity index (χ1) is 8.06. The minimum Gasteiger partial charge on any atom is -0.311 e. The lowest BCUT2D eigenvalue weighted by Gasteiger charge is -2.22. The van der Waals surface area contributed by atoms with E-state index in [1.54, 1.807) is 0 Å². The molecule has 1 aromatic rings. The SMILES string of the molecule is CC(Cc1cc(Cl)ccc1Cl)C(C)NC1CC1. The average molecular weight is 272 g/mol. The largest absolute Gasteiger partial charge is 0.311 e. The Bertz CT molecular complexity index is 388. The van der Waals surface area contributed by atoms with E-state index in [0.717, 1.165) is 28.1 Å². The van der Waals surface area contributed by atoms with Crippen LogP contribution in [0.25, 0.3) is 0 Å². The molecule has 94 valence electrons. The van der Waals surface area contributed by atoms with E-state index in [-0.39, 0.29) is 0 Å². The first-order valence-electron chi connectivity index (χ1n) is 6.26. The molecule has 1 nitrogen and oxygen atoms in total. The van der Waals surface area contributed by atoms with Gasteiger partial charge in [0.15, 0.2) is 0 Å². The molecule has 1 aromatic carbocycles. The van der Waals surface area contributed by atoms with E-state index in [1.807, 2.05) is 18.2 Å². The number of nitrogens with one attached hydrogen (secondary N) is 1. The van der Waals surface area contributed by atoms with E-state index in [2.05, 4.69) is 19.2 Å². The van der Waals surface area contributed by atoms with Crippen LogP contribution in [0.5, 0.6) is 0 Å². The second-order valence-corrected chi connectivity index (χ2v) is 5.99. The molecule has 2 atom stereocenters. The molecule has 0 saturated heterocycles. The topological polar surface area (TPSA) is 12.0 Å². The molecule has 1 fully saturated rings. The molecule has 17 heavy (non-hydrogen) atoms. The number of rotatable bonds is 5. The third kappa shape index (κ3) is 3.87. The average Bonchev–Trinajstić information content (AvgIpc) is 3.07. The predicted octanol–water partition coefficient (Wildman–Crippen LogP) is 4.31. The third-order valence-electron chi connectivity index (χ3n) is 3.48. The highest BCUT2D eigenvalue weighted by Crippen LogP contribution is 2.26. The molecular weight excluding hydrogens is 253 g/mol. The highest BCUT2D eigenvalue weighted by molar-refractivity contribution is 6.33. The molecule has 0 spiro atoms. The quantitative estimate of drug-likeness (QED) is 0.842. The number of hydrogen-bond acceptors (Lipinski definition) is 1. The second kappa shape index (κ2) is 5.60. The summed E-state index contributed by atoms with van der Waals surface area (Å²) in [5.41, 5.74) is 1.15. The Kier molecular flexibility index (Phi) is 4.35. The second-order valence-electron chi connectivity index (χ2n) is 5.15. The van der Waals surface area contributed by atoms with Crippen molar-refractivity contribution >= 4 is 23.2 Å². The van der Waals surface area contributed by atoms with Crippen molar-refractivity contribution in [2.24, 2.45) is 5.92 Å².